The normalized spacial score (nSPS) is 16.1. The Labute approximate surface area is 110 Å². The number of nitrogens with zero attached hydrogens (tertiary/aromatic N) is 1. The minimum atomic E-state index is 0.699. The van der Waals surface area contributed by atoms with Crippen molar-refractivity contribution in [1.29, 1.82) is 0 Å². The maximum Gasteiger partial charge on any atom is 0.119 e. The van der Waals surface area contributed by atoms with Gasteiger partial charge in [-0.1, -0.05) is 13.8 Å². The Kier molecular flexibility index (Phi) is 4.88. The average Bonchev–Trinajstić information content (AvgIpc) is 2.40. The van der Waals surface area contributed by atoms with Crippen LogP contribution in [0, 0.1) is 5.92 Å². The van der Waals surface area contributed by atoms with E-state index in [1.54, 1.807) is 0 Å². The lowest BCUT2D eigenvalue weighted by Crippen LogP contribution is -2.43. The molecule has 1 aromatic carbocycles. The van der Waals surface area contributed by atoms with Crippen molar-refractivity contribution in [3.8, 4) is 5.75 Å². The average molecular weight is 248 g/mol. The monoisotopic (exact) mass is 248 g/mol. The molecule has 100 valence electrons. The van der Waals surface area contributed by atoms with E-state index in [0.717, 1.165) is 45.0 Å². The minimum Gasteiger partial charge on any atom is -0.494 e. The molecule has 1 saturated heterocycles. The Hall–Kier alpha value is -1.22. The highest BCUT2D eigenvalue weighted by atomic mass is 16.5. The van der Waals surface area contributed by atoms with Crippen molar-refractivity contribution >= 4 is 5.69 Å². The van der Waals surface area contributed by atoms with E-state index in [1.807, 2.05) is 0 Å². The van der Waals surface area contributed by atoms with Crippen molar-refractivity contribution in [3.63, 3.8) is 0 Å². The molecule has 0 aliphatic carbocycles. The van der Waals surface area contributed by atoms with Gasteiger partial charge in [0.2, 0.25) is 0 Å². The fourth-order valence-electron chi connectivity index (χ4n) is 2.09. The van der Waals surface area contributed by atoms with Gasteiger partial charge in [-0.15, -0.1) is 0 Å². The number of nitrogens with one attached hydrogen (secondary N) is 1. The molecular formula is C15H24N2O. The van der Waals surface area contributed by atoms with Gasteiger partial charge in [0.25, 0.3) is 0 Å². The number of anilines is 1. The van der Waals surface area contributed by atoms with E-state index >= 15 is 0 Å². The maximum atomic E-state index is 5.73. The third-order valence-corrected chi connectivity index (χ3v) is 3.28. The summed E-state index contributed by atoms with van der Waals surface area (Å²) in [6.45, 7) is 9.58. The predicted molar refractivity (Wildman–Crippen MR) is 76.5 cm³/mol. The van der Waals surface area contributed by atoms with E-state index in [2.05, 4.69) is 48.3 Å². The van der Waals surface area contributed by atoms with Crippen molar-refractivity contribution in [2.45, 2.75) is 20.3 Å². The van der Waals surface area contributed by atoms with Crippen molar-refractivity contribution < 1.29 is 4.74 Å². The summed E-state index contributed by atoms with van der Waals surface area (Å²) in [4.78, 5) is 2.41. The summed E-state index contributed by atoms with van der Waals surface area (Å²) in [6.07, 6.45) is 1.11. The molecule has 0 bridgehead atoms. The van der Waals surface area contributed by atoms with E-state index in [4.69, 9.17) is 4.74 Å². The largest absolute Gasteiger partial charge is 0.494 e. The molecule has 0 saturated carbocycles. The molecule has 2 rings (SSSR count). The lowest BCUT2D eigenvalue weighted by molar-refractivity contribution is 0.289. The van der Waals surface area contributed by atoms with Crippen LogP contribution in [0.3, 0.4) is 0 Å². The topological polar surface area (TPSA) is 24.5 Å². The molecule has 0 spiro atoms. The predicted octanol–water partition coefficient (Wildman–Crippen LogP) is 2.52. The number of ether oxygens (including phenoxy) is 1. The highest BCUT2D eigenvalue weighted by Gasteiger charge is 2.09. The lowest BCUT2D eigenvalue weighted by Gasteiger charge is -2.29. The Morgan fingerprint density at radius 2 is 1.83 bits per heavy atom. The van der Waals surface area contributed by atoms with Gasteiger partial charge in [-0.05, 0) is 36.6 Å². The van der Waals surface area contributed by atoms with Crippen LogP contribution in [0.25, 0.3) is 0 Å². The first-order valence-corrected chi connectivity index (χ1v) is 6.94. The fraction of sp³-hybridized carbons (Fsp3) is 0.600. The molecule has 1 aliphatic rings. The highest BCUT2D eigenvalue weighted by Crippen LogP contribution is 2.20. The molecule has 1 heterocycles. The fourth-order valence-corrected chi connectivity index (χ4v) is 2.09. The van der Waals surface area contributed by atoms with E-state index in [1.165, 1.54) is 5.69 Å². The molecule has 0 amide bonds. The number of piperazine rings is 1. The zero-order valence-corrected chi connectivity index (χ0v) is 11.5. The van der Waals surface area contributed by atoms with Crippen molar-refractivity contribution in [2.75, 3.05) is 37.7 Å². The third kappa shape index (κ3) is 3.91. The van der Waals surface area contributed by atoms with Crippen LogP contribution in [-0.2, 0) is 0 Å². The van der Waals surface area contributed by atoms with Gasteiger partial charge in [-0.25, -0.2) is 0 Å². The van der Waals surface area contributed by atoms with Crippen molar-refractivity contribution in [3.05, 3.63) is 24.3 Å². The summed E-state index contributed by atoms with van der Waals surface area (Å²) in [5.74, 6) is 1.68. The summed E-state index contributed by atoms with van der Waals surface area (Å²) in [5, 5.41) is 3.37. The second-order valence-electron chi connectivity index (χ2n) is 5.26. The van der Waals surface area contributed by atoms with E-state index in [-0.39, 0.29) is 0 Å². The van der Waals surface area contributed by atoms with Crippen LogP contribution >= 0.6 is 0 Å². The molecule has 18 heavy (non-hydrogen) atoms. The summed E-state index contributed by atoms with van der Waals surface area (Å²) in [7, 11) is 0. The van der Waals surface area contributed by atoms with Crippen LogP contribution in [0.4, 0.5) is 5.69 Å². The summed E-state index contributed by atoms with van der Waals surface area (Å²) in [5.41, 5.74) is 1.30. The maximum absolute atomic E-state index is 5.73. The van der Waals surface area contributed by atoms with Gasteiger partial charge in [-0.2, -0.15) is 0 Å². The number of rotatable bonds is 5. The molecule has 0 unspecified atom stereocenters. The molecule has 0 aromatic heterocycles. The standard InChI is InChI=1S/C15H24N2O/c1-13(2)7-12-18-15-5-3-14(4-6-15)17-10-8-16-9-11-17/h3-6,13,16H,7-12H2,1-2H3. The molecule has 0 radical (unpaired) electrons. The minimum absolute atomic E-state index is 0.699. The smallest absolute Gasteiger partial charge is 0.119 e. The van der Waals surface area contributed by atoms with E-state index in [0.29, 0.717) is 5.92 Å². The van der Waals surface area contributed by atoms with Crippen LogP contribution in [-0.4, -0.2) is 32.8 Å². The SMILES string of the molecule is CC(C)CCOc1ccc(N2CCNCC2)cc1. The first-order valence-electron chi connectivity index (χ1n) is 6.94. The van der Waals surface area contributed by atoms with Crippen LogP contribution in [0.1, 0.15) is 20.3 Å². The molecule has 1 aromatic rings. The zero-order chi connectivity index (χ0) is 12.8. The molecule has 1 aliphatic heterocycles. The first kappa shape index (κ1) is 13.2. The zero-order valence-electron chi connectivity index (χ0n) is 11.5. The van der Waals surface area contributed by atoms with E-state index < -0.39 is 0 Å². The van der Waals surface area contributed by atoms with E-state index in [9.17, 15) is 0 Å². The third-order valence-electron chi connectivity index (χ3n) is 3.28. The Morgan fingerprint density at radius 1 is 1.17 bits per heavy atom. The van der Waals surface area contributed by atoms with Crippen LogP contribution in [0.2, 0.25) is 0 Å². The Morgan fingerprint density at radius 3 is 2.44 bits per heavy atom. The number of benzene rings is 1. The van der Waals surface area contributed by atoms with Gasteiger partial charge in [0, 0.05) is 31.9 Å². The first-order chi connectivity index (χ1) is 8.75. The van der Waals surface area contributed by atoms with Crippen LogP contribution < -0.4 is 15.0 Å². The molecule has 1 fully saturated rings. The molecular weight excluding hydrogens is 224 g/mol. The summed E-state index contributed by atoms with van der Waals surface area (Å²) in [6, 6.07) is 8.49. The van der Waals surface area contributed by atoms with Crippen molar-refractivity contribution in [2.24, 2.45) is 5.92 Å². The lowest BCUT2D eigenvalue weighted by atomic mass is 10.1. The molecule has 0 atom stereocenters. The van der Waals surface area contributed by atoms with Gasteiger partial charge in [-0.3, -0.25) is 0 Å². The number of hydrogen-bond donors (Lipinski definition) is 1. The van der Waals surface area contributed by atoms with Gasteiger partial charge >= 0.3 is 0 Å². The summed E-state index contributed by atoms with van der Waals surface area (Å²) >= 11 is 0. The Balaban J connectivity index is 1.84. The van der Waals surface area contributed by atoms with Crippen LogP contribution in [0.15, 0.2) is 24.3 Å². The van der Waals surface area contributed by atoms with Gasteiger partial charge in [0.15, 0.2) is 0 Å². The quantitative estimate of drug-likeness (QED) is 0.866. The molecule has 3 heteroatoms. The highest BCUT2D eigenvalue weighted by molar-refractivity contribution is 5.49. The van der Waals surface area contributed by atoms with Crippen LogP contribution in [0.5, 0.6) is 5.75 Å². The summed E-state index contributed by atoms with van der Waals surface area (Å²) < 4.78 is 5.73. The van der Waals surface area contributed by atoms with Crippen molar-refractivity contribution in [1.82, 2.24) is 5.32 Å². The van der Waals surface area contributed by atoms with Gasteiger partial charge in [0.1, 0.15) is 5.75 Å². The van der Waals surface area contributed by atoms with Gasteiger partial charge in [0.05, 0.1) is 6.61 Å². The second kappa shape index (κ2) is 6.64. The number of hydrogen-bond acceptors (Lipinski definition) is 3. The molecule has 3 nitrogen and oxygen atoms in total. The Bertz CT molecular complexity index is 342. The van der Waals surface area contributed by atoms with Gasteiger partial charge < -0.3 is 15.0 Å². The molecule has 1 N–H and O–H groups in total. The second-order valence-corrected chi connectivity index (χ2v) is 5.26.